The predicted molar refractivity (Wildman–Crippen MR) is 98.8 cm³/mol. The quantitative estimate of drug-likeness (QED) is 0.804. The van der Waals surface area contributed by atoms with E-state index in [1.54, 1.807) is 0 Å². The normalized spacial score (nSPS) is 17.6. The Morgan fingerprint density at radius 2 is 1.75 bits per heavy atom. The van der Waals surface area contributed by atoms with E-state index in [0.717, 1.165) is 32.5 Å². The van der Waals surface area contributed by atoms with Crippen LogP contribution in [0.1, 0.15) is 49.3 Å². The van der Waals surface area contributed by atoms with E-state index in [2.05, 4.69) is 79.4 Å². The Morgan fingerprint density at radius 3 is 2.38 bits per heavy atom. The largest absolute Gasteiger partial charge is 0.299 e. The molecular formula is C22H26N2. The Kier molecular flexibility index (Phi) is 5.02. The van der Waals surface area contributed by atoms with Gasteiger partial charge in [0.15, 0.2) is 0 Å². The van der Waals surface area contributed by atoms with Gasteiger partial charge in [0.1, 0.15) is 0 Å². The number of nitrogens with zero attached hydrogens (tertiary/aromatic N) is 2. The SMILES string of the molecule is CC(C)c1cccc(C2(C#N)CCN(Cc3ccccc3)CC2)c1. The Hall–Kier alpha value is -2.11. The van der Waals surface area contributed by atoms with Gasteiger partial charge in [-0.15, -0.1) is 0 Å². The molecule has 0 spiro atoms. The van der Waals surface area contributed by atoms with Crippen LogP contribution in [0.25, 0.3) is 0 Å². The molecule has 0 radical (unpaired) electrons. The Bertz CT molecular complexity index is 704. The van der Waals surface area contributed by atoms with Gasteiger partial charge in [0, 0.05) is 19.6 Å². The second kappa shape index (κ2) is 7.20. The smallest absolute Gasteiger partial charge is 0.0846 e. The second-order valence-corrected chi connectivity index (χ2v) is 7.24. The first kappa shape index (κ1) is 16.7. The molecule has 1 heterocycles. The first-order valence-electron chi connectivity index (χ1n) is 8.91. The van der Waals surface area contributed by atoms with Gasteiger partial charge in [0.25, 0.3) is 0 Å². The molecule has 1 aliphatic heterocycles. The van der Waals surface area contributed by atoms with E-state index >= 15 is 0 Å². The summed E-state index contributed by atoms with van der Waals surface area (Å²) >= 11 is 0. The zero-order valence-corrected chi connectivity index (χ0v) is 14.7. The molecular weight excluding hydrogens is 292 g/mol. The molecule has 0 N–H and O–H groups in total. The first-order chi connectivity index (χ1) is 11.6. The van der Waals surface area contributed by atoms with E-state index in [9.17, 15) is 5.26 Å². The van der Waals surface area contributed by atoms with Gasteiger partial charge in [-0.3, -0.25) is 4.90 Å². The summed E-state index contributed by atoms with van der Waals surface area (Å²) in [6.45, 7) is 7.36. The highest BCUT2D eigenvalue weighted by atomic mass is 15.1. The van der Waals surface area contributed by atoms with Crippen molar-refractivity contribution in [1.29, 1.82) is 5.26 Å². The first-order valence-corrected chi connectivity index (χ1v) is 8.91. The molecule has 2 aromatic rings. The van der Waals surface area contributed by atoms with Crippen LogP contribution in [0.5, 0.6) is 0 Å². The van der Waals surface area contributed by atoms with Gasteiger partial charge in [-0.2, -0.15) is 5.26 Å². The molecule has 1 saturated heterocycles. The Labute approximate surface area is 145 Å². The standard InChI is InChI=1S/C22H26N2/c1-18(2)20-9-6-10-21(15-20)22(17-23)11-13-24(14-12-22)16-19-7-4-3-5-8-19/h3-10,15,18H,11-14,16H2,1-2H3. The molecule has 2 aromatic carbocycles. The van der Waals surface area contributed by atoms with Crippen LogP contribution < -0.4 is 0 Å². The summed E-state index contributed by atoms with van der Waals surface area (Å²) in [4.78, 5) is 2.47. The van der Waals surface area contributed by atoms with Gasteiger partial charge in [-0.05, 0) is 35.4 Å². The zero-order chi connectivity index (χ0) is 17.0. The number of likely N-dealkylation sites (tertiary alicyclic amines) is 1. The molecule has 2 heteroatoms. The van der Waals surface area contributed by atoms with E-state index in [0.29, 0.717) is 5.92 Å². The maximum atomic E-state index is 9.93. The molecule has 1 fully saturated rings. The lowest BCUT2D eigenvalue weighted by atomic mass is 9.73. The minimum absolute atomic E-state index is 0.321. The minimum Gasteiger partial charge on any atom is -0.299 e. The van der Waals surface area contributed by atoms with Crippen molar-refractivity contribution in [3.05, 3.63) is 71.3 Å². The summed E-state index contributed by atoms with van der Waals surface area (Å²) in [7, 11) is 0. The summed E-state index contributed by atoms with van der Waals surface area (Å²) in [5.74, 6) is 0.499. The highest BCUT2D eigenvalue weighted by Crippen LogP contribution is 2.36. The molecule has 2 nitrogen and oxygen atoms in total. The third-order valence-corrected chi connectivity index (χ3v) is 5.28. The lowest BCUT2D eigenvalue weighted by Gasteiger charge is -2.38. The van der Waals surface area contributed by atoms with Crippen LogP contribution in [0.2, 0.25) is 0 Å². The third kappa shape index (κ3) is 3.52. The van der Waals surface area contributed by atoms with Crippen LogP contribution in [0.4, 0.5) is 0 Å². The average Bonchev–Trinajstić information content (AvgIpc) is 2.63. The molecule has 0 saturated carbocycles. The van der Waals surface area contributed by atoms with Crippen LogP contribution in [-0.2, 0) is 12.0 Å². The van der Waals surface area contributed by atoms with Crippen LogP contribution in [-0.4, -0.2) is 18.0 Å². The maximum Gasteiger partial charge on any atom is 0.0846 e. The van der Waals surface area contributed by atoms with Gasteiger partial charge in [-0.1, -0.05) is 68.4 Å². The van der Waals surface area contributed by atoms with Crippen molar-refractivity contribution in [2.75, 3.05) is 13.1 Å². The van der Waals surface area contributed by atoms with Crippen molar-refractivity contribution in [1.82, 2.24) is 4.90 Å². The Balaban J connectivity index is 1.72. The van der Waals surface area contributed by atoms with Crippen molar-refractivity contribution in [3.8, 4) is 6.07 Å². The fraction of sp³-hybridized carbons (Fsp3) is 0.409. The summed E-state index contributed by atoms with van der Waals surface area (Å²) in [5.41, 5.74) is 3.56. The fourth-order valence-corrected chi connectivity index (χ4v) is 3.59. The molecule has 1 aliphatic rings. The summed E-state index contributed by atoms with van der Waals surface area (Å²) < 4.78 is 0. The van der Waals surface area contributed by atoms with Gasteiger partial charge in [0.05, 0.1) is 11.5 Å². The topological polar surface area (TPSA) is 27.0 Å². The number of rotatable bonds is 4. The highest BCUT2D eigenvalue weighted by molar-refractivity contribution is 5.37. The molecule has 0 amide bonds. The van der Waals surface area contributed by atoms with Crippen LogP contribution >= 0.6 is 0 Å². The van der Waals surface area contributed by atoms with Crippen molar-refractivity contribution in [3.63, 3.8) is 0 Å². The van der Waals surface area contributed by atoms with E-state index in [-0.39, 0.29) is 5.41 Å². The van der Waals surface area contributed by atoms with Crippen molar-refractivity contribution >= 4 is 0 Å². The summed E-state index contributed by atoms with van der Waals surface area (Å²) in [6.07, 6.45) is 1.83. The molecule has 0 atom stereocenters. The van der Waals surface area contributed by atoms with Gasteiger partial charge in [-0.25, -0.2) is 0 Å². The van der Waals surface area contributed by atoms with Gasteiger partial charge < -0.3 is 0 Å². The number of benzene rings is 2. The van der Waals surface area contributed by atoms with E-state index in [1.807, 2.05) is 0 Å². The summed E-state index contributed by atoms with van der Waals surface area (Å²) in [6, 6.07) is 21.9. The maximum absolute atomic E-state index is 9.93. The predicted octanol–water partition coefficient (Wildman–Crippen LogP) is 4.87. The van der Waals surface area contributed by atoms with Crippen molar-refractivity contribution in [2.45, 2.75) is 44.6 Å². The summed E-state index contributed by atoms with van der Waals surface area (Å²) in [5, 5.41) is 9.93. The van der Waals surface area contributed by atoms with Crippen LogP contribution in [0.15, 0.2) is 54.6 Å². The second-order valence-electron chi connectivity index (χ2n) is 7.24. The lowest BCUT2D eigenvalue weighted by Crippen LogP contribution is -2.41. The van der Waals surface area contributed by atoms with E-state index in [1.165, 1.54) is 16.7 Å². The lowest BCUT2D eigenvalue weighted by molar-refractivity contribution is 0.179. The molecule has 0 aliphatic carbocycles. The molecule has 24 heavy (non-hydrogen) atoms. The number of hydrogen-bond acceptors (Lipinski definition) is 2. The van der Waals surface area contributed by atoms with Gasteiger partial charge in [0.2, 0.25) is 0 Å². The molecule has 0 bridgehead atoms. The van der Waals surface area contributed by atoms with Gasteiger partial charge >= 0.3 is 0 Å². The molecule has 3 rings (SSSR count). The zero-order valence-electron chi connectivity index (χ0n) is 14.7. The van der Waals surface area contributed by atoms with Crippen LogP contribution in [0, 0.1) is 11.3 Å². The highest BCUT2D eigenvalue weighted by Gasteiger charge is 2.36. The molecule has 124 valence electrons. The van der Waals surface area contributed by atoms with E-state index in [4.69, 9.17) is 0 Å². The molecule has 0 unspecified atom stereocenters. The van der Waals surface area contributed by atoms with Crippen molar-refractivity contribution in [2.24, 2.45) is 0 Å². The molecule has 0 aromatic heterocycles. The average molecular weight is 318 g/mol. The van der Waals surface area contributed by atoms with Crippen molar-refractivity contribution < 1.29 is 0 Å². The monoisotopic (exact) mass is 318 g/mol. The van der Waals surface area contributed by atoms with E-state index < -0.39 is 0 Å². The number of piperidine rings is 1. The number of nitriles is 1. The minimum atomic E-state index is -0.321. The third-order valence-electron chi connectivity index (χ3n) is 5.28. The fourth-order valence-electron chi connectivity index (χ4n) is 3.59. The van der Waals surface area contributed by atoms with Crippen LogP contribution in [0.3, 0.4) is 0 Å². The Morgan fingerprint density at radius 1 is 1.04 bits per heavy atom. The number of hydrogen-bond donors (Lipinski definition) is 0.